The third kappa shape index (κ3) is 3.16. The van der Waals surface area contributed by atoms with Gasteiger partial charge in [-0.05, 0) is 37.5 Å². The lowest BCUT2D eigenvalue weighted by Crippen LogP contribution is -2.50. The highest BCUT2D eigenvalue weighted by molar-refractivity contribution is 5.97. The highest BCUT2D eigenvalue weighted by Gasteiger charge is 2.29. The van der Waals surface area contributed by atoms with Crippen LogP contribution >= 0.6 is 0 Å². The number of carbonyl (C=O) groups is 1. The molecular weight excluding hydrogens is 274 g/mol. The van der Waals surface area contributed by atoms with Crippen LogP contribution in [-0.2, 0) is 4.79 Å². The monoisotopic (exact) mass is 299 g/mol. The van der Waals surface area contributed by atoms with Gasteiger partial charge in [0.15, 0.2) is 0 Å². The third-order valence-electron chi connectivity index (χ3n) is 4.94. The van der Waals surface area contributed by atoms with E-state index in [0.717, 1.165) is 50.3 Å². The maximum Gasteiger partial charge on any atom is 0.225 e. The van der Waals surface area contributed by atoms with E-state index in [0.29, 0.717) is 11.6 Å². The van der Waals surface area contributed by atoms with E-state index in [1.807, 2.05) is 19.1 Å². The molecule has 1 aliphatic heterocycles. The van der Waals surface area contributed by atoms with Crippen LogP contribution in [-0.4, -0.2) is 42.7 Å². The first-order valence-corrected chi connectivity index (χ1v) is 8.34. The Bertz CT molecular complexity index is 555. The first kappa shape index (κ1) is 15.1. The summed E-state index contributed by atoms with van der Waals surface area (Å²) in [6, 6.07) is 8.17. The number of hydrogen-bond donors (Lipinski definition) is 1. The molecule has 1 amide bonds. The minimum Gasteiger partial charge on any atom is -0.368 e. The minimum atomic E-state index is 0.287. The van der Waals surface area contributed by atoms with Crippen molar-refractivity contribution >= 4 is 17.3 Å². The van der Waals surface area contributed by atoms with Crippen molar-refractivity contribution in [3.63, 3.8) is 0 Å². The maximum atomic E-state index is 12.5. The van der Waals surface area contributed by atoms with E-state index in [2.05, 4.69) is 21.9 Å². The Labute approximate surface area is 132 Å². The molecule has 2 aliphatic rings. The number of nitrogens with zero attached hydrogens (tertiary/aromatic N) is 2. The maximum absolute atomic E-state index is 12.5. The van der Waals surface area contributed by atoms with Crippen LogP contribution in [0.2, 0.25) is 0 Å². The fraction of sp³-hybridized carbons (Fsp3) is 0.556. The zero-order valence-electron chi connectivity index (χ0n) is 13.3. The van der Waals surface area contributed by atoms with Gasteiger partial charge >= 0.3 is 0 Å². The van der Waals surface area contributed by atoms with Crippen molar-refractivity contribution in [2.75, 3.05) is 31.1 Å². The largest absolute Gasteiger partial charge is 0.368 e. The molecule has 1 saturated carbocycles. The van der Waals surface area contributed by atoms with Crippen LogP contribution in [0.1, 0.15) is 38.2 Å². The summed E-state index contributed by atoms with van der Waals surface area (Å²) < 4.78 is 0. The predicted octanol–water partition coefficient (Wildman–Crippen LogP) is 2.91. The van der Waals surface area contributed by atoms with Crippen molar-refractivity contribution in [3.8, 4) is 0 Å². The van der Waals surface area contributed by atoms with E-state index in [4.69, 9.17) is 5.41 Å². The van der Waals surface area contributed by atoms with Crippen LogP contribution in [0.25, 0.3) is 0 Å². The van der Waals surface area contributed by atoms with Crippen molar-refractivity contribution in [1.82, 2.24) is 4.90 Å². The Morgan fingerprint density at radius 2 is 1.82 bits per heavy atom. The van der Waals surface area contributed by atoms with Gasteiger partial charge in [0.05, 0.1) is 0 Å². The molecule has 1 aromatic rings. The van der Waals surface area contributed by atoms with Gasteiger partial charge in [-0.3, -0.25) is 4.79 Å². The number of anilines is 1. The van der Waals surface area contributed by atoms with Crippen molar-refractivity contribution in [3.05, 3.63) is 29.8 Å². The zero-order chi connectivity index (χ0) is 15.5. The quantitative estimate of drug-likeness (QED) is 0.872. The number of hydrogen-bond acceptors (Lipinski definition) is 3. The number of piperazine rings is 1. The molecule has 1 heterocycles. The lowest BCUT2D eigenvalue weighted by molar-refractivity contribution is -0.135. The Hall–Kier alpha value is -1.84. The van der Waals surface area contributed by atoms with E-state index >= 15 is 0 Å². The van der Waals surface area contributed by atoms with Crippen molar-refractivity contribution < 1.29 is 4.79 Å². The Kier molecular flexibility index (Phi) is 4.46. The molecule has 4 heteroatoms. The van der Waals surface area contributed by atoms with Gasteiger partial charge in [0, 0.05) is 43.5 Å². The molecule has 0 unspecified atom stereocenters. The van der Waals surface area contributed by atoms with E-state index < -0.39 is 0 Å². The molecule has 0 spiro atoms. The summed E-state index contributed by atoms with van der Waals surface area (Å²) in [5, 5.41) is 7.76. The number of benzene rings is 1. The highest BCUT2D eigenvalue weighted by atomic mass is 16.2. The summed E-state index contributed by atoms with van der Waals surface area (Å²) in [6.45, 7) is 5.24. The average Bonchev–Trinajstić information content (AvgIpc) is 3.09. The fourth-order valence-electron chi connectivity index (χ4n) is 3.55. The molecule has 1 aromatic carbocycles. The van der Waals surface area contributed by atoms with E-state index in [-0.39, 0.29) is 5.92 Å². The first-order valence-electron chi connectivity index (χ1n) is 8.34. The second-order valence-electron chi connectivity index (χ2n) is 6.47. The summed E-state index contributed by atoms with van der Waals surface area (Å²) in [4.78, 5) is 16.8. The van der Waals surface area contributed by atoms with Gasteiger partial charge in [0.25, 0.3) is 0 Å². The molecule has 0 aromatic heterocycles. The van der Waals surface area contributed by atoms with Gasteiger partial charge in [0.1, 0.15) is 0 Å². The Morgan fingerprint density at radius 1 is 1.14 bits per heavy atom. The lowest BCUT2D eigenvalue weighted by atomic mass is 10.1. The van der Waals surface area contributed by atoms with E-state index in [9.17, 15) is 4.79 Å². The van der Waals surface area contributed by atoms with Crippen LogP contribution in [0, 0.1) is 11.3 Å². The van der Waals surface area contributed by atoms with Crippen LogP contribution in [0.15, 0.2) is 24.3 Å². The summed E-state index contributed by atoms with van der Waals surface area (Å²) in [5.41, 5.74) is 2.73. The standard InChI is InChI=1S/C18H25N3O/c1-14(19)16-7-4-8-17(13-16)20-9-11-21(12-10-20)18(22)15-5-2-3-6-15/h4,7-8,13,15,19H,2-3,5-6,9-12H2,1H3. The number of rotatable bonds is 3. The second kappa shape index (κ2) is 6.51. The Morgan fingerprint density at radius 3 is 2.45 bits per heavy atom. The van der Waals surface area contributed by atoms with Crippen molar-refractivity contribution in [1.29, 1.82) is 5.41 Å². The van der Waals surface area contributed by atoms with Crippen LogP contribution in [0.4, 0.5) is 5.69 Å². The zero-order valence-corrected chi connectivity index (χ0v) is 13.3. The molecule has 0 radical (unpaired) electrons. The normalized spacial score (nSPS) is 19.5. The summed E-state index contributed by atoms with van der Waals surface area (Å²) in [6.07, 6.45) is 4.59. The van der Waals surface area contributed by atoms with Gasteiger partial charge in [-0.15, -0.1) is 0 Å². The van der Waals surface area contributed by atoms with E-state index in [1.165, 1.54) is 12.8 Å². The molecule has 0 atom stereocenters. The van der Waals surface area contributed by atoms with Crippen molar-refractivity contribution in [2.45, 2.75) is 32.6 Å². The molecule has 1 N–H and O–H groups in total. The van der Waals surface area contributed by atoms with Gasteiger partial charge in [-0.1, -0.05) is 25.0 Å². The van der Waals surface area contributed by atoms with Gasteiger partial charge in [-0.25, -0.2) is 0 Å². The van der Waals surface area contributed by atoms with Crippen LogP contribution in [0.3, 0.4) is 0 Å². The lowest BCUT2D eigenvalue weighted by Gasteiger charge is -2.37. The SMILES string of the molecule is CC(=N)c1cccc(N2CCN(C(=O)C3CCCC3)CC2)c1. The average molecular weight is 299 g/mol. The molecule has 22 heavy (non-hydrogen) atoms. The predicted molar refractivity (Wildman–Crippen MR) is 89.7 cm³/mol. The molecule has 4 nitrogen and oxygen atoms in total. The Balaban J connectivity index is 1.60. The summed E-state index contributed by atoms with van der Waals surface area (Å²) in [5.74, 6) is 0.664. The van der Waals surface area contributed by atoms with Crippen LogP contribution in [0.5, 0.6) is 0 Å². The first-order chi connectivity index (χ1) is 10.6. The molecule has 3 rings (SSSR count). The number of amides is 1. The van der Waals surface area contributed by atoms with Crippen LogP contribution < -0.4 is 4.90 Å². The molecule has 1 aliphatic carbocycles. The third-order valence-corrected chi connectivity index (χ3v) is 4.94. The molecule has 118 valence electrons. The molecular formula is C18H25N3O. The smallest absolute Gasteiger partial charge is 0.225 e. The summed E-state index contributed by atoms with van der Waals surface area (Å²) in [7, 11) is 0. The highest BCUT2D eigenvalue weighted by Crippen LogP contribution is 2.27. The number of nitrogens with one attached hydrogen (secondary N) is 1. The van der Waals surface area contributed by atoms with Gasteiger partial charge in [0.2, 0.25) is 5.91 Å². The molecule has 1 saturated heterocycles. The second-order valence-corrected chi connectivity index (χ2v) is 6.47. The van der Waals surface area contributed by atoms with Gasteiger partial charge < -0.3 is 15.2 Å². The van der Waals surface area contributed by atoms with E-state index in [1.54, 1.807) is 0 Å². The topological polar surface area (TPSA) is 47.4 Å². The summed E-state index contributed by atoms with van der Waals surface area (Å²) >= 11 is 0. The fourth-order valence-corrected chi connectivity index (χ4v) is 3.55. The molecule has 2 fully saturated rings. The molecule has 0 bridgehead atoms. The van der Waals surface area contributed by atoms with Crippen molar-refractivity contribution in [2.24, 2.45) is 5.92 Å². The minimum absolute atomic E-state index is 0.287. The number of carbonyl (C=O) groups excluding carboxylic acids is 1. The van der Waals surface area contributed by atoms with Gasteiger partial charge in [-0.2, -0.15) is 0 Å².